The van der Waals surface area contributed by atoms with Gasteiger partial charge >= 0.3 is 6.18 Å². The molecule has 0 radical (unpaired) electrons. The summed E-state index contributed by atoms with van der Waals surface area (Å²) in [6, 6.07) is 3.47. The second-order valence-electron chi connectivity index (χ2n) is 4.51. The summed E-state index contributed by atoms with van der Waals surface area (Å²) in [5, 5.41) is 0. The van der Waals surface area contributed by atoms with Crippen LogP contribution in [0.4, 0.5) is 17.6 Å². The Balaban J connectivity index is 2.69. The van der Waals surface area contributed by atoms with Crippen molar-refractivity contribution in [2.75, 3.05) is 6.67 Å². The summed E-state index contributed by atoms with van der Waals surface area (Å²) >= 11 is 0. The predicted molar refractivity (Wildman–Crippen MR) is 63.1 cm³/mol. The van der Waals surface area contributed by atoms with E-state index < -0.39 is 24.5 Å². The van der Waals surface area contributed by atoms with E-state index in [1.807, 2.05) is 0 Å². The third kappa shape index (κ3) is 4.64. The summed E-state index contributed by atoms with van der Waals surface area (Å²) in [4.78, 5) is 0. The van der Waals surface area contributed by atoms with Gasteiger partial charge in [-0.05, 0) is 43.9 Å². The van der Waals surface area contributed by atoms with E-state index >= 15 is 0 Å². The number of benzene rings is 1. The number of alkyl halides is 4. The number of hydrogen-bond donors (Lipinski definition) is 1. The number of nitrogens with two attached hydrogens (primary N) is 1. The summed E-state index contributed by atoms with van der Waals surface area (Å²) in [7, 11) is 0. The van der Waals surface area contributed by atoms with E-state index in [2.05, 4.69) is 0 Å². The lowest BCUT2D eigenvalue weighted by atomic mass is 10.0. The Morgan fingerprint density at radius 1 is 1.22 bits per heavy atom. The summed E-state index contributed by atoms with van der Waals surface area (Å²) < 4.78 is 49.9. The molecule has 0 fully saturated rings. The second-order valence-corrected chi connectivity index (χ2v) is 4.51. The fourth-order valence-corrected chi connectivity index (χ4v) is 1.82. The van der Waals surface area contributed by atoms with Crippen LogP contribution >= 0.6 is 0 Å². The molecule has 1 rings (SSSR count). The number of aryl methyl sites for hydroxylation is 2. The van der Waals surface area contributed by atoms with Crippen LogP contribution < -0.4 is 5.73 Å². The number of halogens is 4. The molecule has 2 N–H and O–H groups in total. The zero-order valence-electron chi connectivity index (χ0n) is 10.2. The van der Waals surface area contributed by atoms with Crippen molar-refractivity contribution < 1.29 is 17.6 Å². The Kier molecular flexibility index (Phi) is 5.14. The van der Waals surface area contributed by atoms with Crippen LogP contribution in [0.15, 0.2) is 18.2 Å². The topological polar surface area (TPSA) is 26.0 Å². The molecule has 0 aliphatic carbocycles. The standard InChI is InChI=1S/C13H17F4N/c1-9-5-10(3-2-4-12(18)8-14)7-11(6-9)13(15,16)17/h5-7,12H,2-4,8,18H2,1H3/t12-/m1/s1. The molecule has 1 aromatic rings. The molecule has 18 heavy (non-hydrogen) atoms. The highest BCUT2D eigenvalue weighted by atomic mass is 19.4. The summed E-state index contributed by atoms with van der Waals surface area (Å²) in [5.41, 5.74) is 5.98. The van der Waals surface area contributed by atoms with Crippen molar-refractivity contribution in [3.05, 3.63) is 34.9 Å². The summed E-state index contributed by atoms with van der Waals surface area (Å²) in [5.74, 6) is 0. The van der Waals surface area contributed by atoms with Gasteiger partial charge in [-0.15, -0.1) is 0 Å². The SMILES string of the molecule is Cc1cc(CCC[C@@H](N)CF)cc(C(F)(F)F)c1. The molecular weight excluding hydrogens is 246 g/mol. The first-order chi connectivity index (χ1) is 8.32. The van der Waals surface area contributed by atoms with E-state index in [4.69, 9.17) is 5.73 Å². The van der Waals surface area contributed by atoms with Crippen molar-refractivity contribution in [3.8, 4) is 0 Å². The van der Waals surface area contributed by atoms with Gasteiger partial charge in [0.2, 0.25) is 0 Å². The van der Waals surface area contributed by atoms with Gasteiger partial charge in [-0.3, -0.25) is 0 Å². The van der Waals surface area contributed by atoms with Crippen LogP contribution in [-0.2, 0) is 12.6 Å². The van der Waals surface area contributed by atoms with Crippen molar-refractivity contribution in [1.82, 2.24) is 0 Å². The molecule has 0 spiro atoms. The third-order valence-corrected chi connectivity index (χ3v) is 2.70. The molecule has 0 bridgehead atoms. The van der Waals surface area contributed by atoms with Gasteiger partial charge in [-0.25, -0.2) is 4.39 Å². The van der Waals surface area contributed by atoms with E-state index in [1.165, 1.54) is 0 Å². The smallest absolute Gasteiger partial charge is 0.325 e. The van der Waals surface area contributed by atoms with Crippen molar-refractivity contribution in [3.63, 3.8) is 0 Å². The lowest BCUT2D eigenvalue weighted by molar-refractivity contribution is -0.137. The van der Waals surface area contributed by atoms with Gasteiger partial charge in [0.25, 0.3) is 0 Å². The Hall–Kier alpha value is -1.10. The Labute approximate surface area is 104 Å². The molecule has 0 heterocycles. The molecule has 0 saturated carbocycles. The van der Waals surface area contributed by atoms with Gasteiger partial charge in [0.15, 0.2) is 0 Å². The van der Waals surface area contributed by atoms with Crippen molar-refractivity contribution >= 4 is 0 Å². The zero-order chi connectivity index (χ0) is 13.8. The van der Waals surface area contributed by atoms with Gasteiger partial charge < -0.3 is 5.73 Å². The first-order valence-electron chi connectivity index (χ1n) is 5.82. The summed E-state index contributed by atoms with van der Waals surface area (Å²) in [6.07, 6.45) is -2.77. The molecule has 0 aromatic heterocycles. The first-order valence-corrected chi connectivity index (χ1v) is 5.82. The van der Waals surface area contributed by atoms with Crippen LogP contribution in [0.2, 0.25) is 0 Å². The van der Waals surface area contributed by atoms with Gasteiger partial charge in [0.05, 0.1) is 5.56 Å². The van der Waals surface area contributed by atoms with E-state index in [0.717, 1.165) is 12.1 Å². The quantitative estimate of drug-likeness (QED) is 0.806. The molecule has 1 atom stereocenters. The average Bonchev–Trinajstić information content (AvgIpc) is 2.27. The predicted octanol–water partition coefficient (Wildman–Crippen LogP) is 3.63. The number of rotatable bonds is 5. The van der Waals surface area contributed by atoms with Crippen LogP contribution in [0.3, 0.4) is 0 Å². The first kappa shape index (κ1) is 15.0. The zero-order valence-corrected chi connectivity index (χ0v) is 10.2. The summed E-state index contributed by atoms with van der Waals surface area (Å²) in [6.45, 7) is 1.04. The molecule has 0 unspecified atom stereocenters. The minimum Gasteiger partial charge on any atom is -0.325 e. The fraction of sp³-hybridized carbons (Fsp3) is 0.538. The normalized spacial score (nSPS) is 13.7. The van der Waals surface area contributed by atoms with Crippen LogP contribution in [-0.4, -0.2) is 12.7 Å². The third-order valence-electron chi connectivity index (χ3n) is 2.70. The minimum absolute atomic E-state index is 0.478. The fourth-order valence-electron chi connectivity index (χ4n) is 1.82. The average molecular weight is 263 g/mol. The highest BCUT2D eigenvalue weighted by Gasteiger charge is 2.30. The maximum absolute atomic E-state index is 12.6. The van der Waals surface area contributed by atoms with Gasteiger partial charge in [0.1, 0.15) is 6.67 Å². The molecule has 0 saturated heterocycles. The molecule has 0 aliphatic heterocycles. The number of hydrogen-bond acceptors (Lipinski definition) is 1. The highest BCUT2D eigenvalue weighted by Crippen LogP contribution is 2.30. The Bertz CT molecular complexity index is 387. The van der Waals surface area contributed by atoms with Crippen LogP contribution in [0.1, 0.15) is 29.5 Å². The van der Waals surface area contributed by atoms with E-state index in [-0.39, 0.29) is 0 Å². The molecule has 5 heteroatoms. The van der Waals surface area contributed by atoms with Crippen molar-refractivity contribution in [2.24, 2.45) is 5.73 Å². The maximum Gasteiger partial charge on any atom is 0.416 e. The second kappa shape index (κ2) is 6.18. The lowest BCUT2D eigenvalue weighted by Crippen LogP contribution is -2.22. The van der Waals surface area contributed by atoms with E-state index in [9.17, 15) is 17.6 Å². The molecular formula is C13H17F4N. The lowest BCUT2D eigenvalue weighted by Gasteiger charge is -2.11. The minimum atomic E-state index is -4.32. The monoisotopic (exact) mass is 263 g/mol. The van der Waals surface area contributed by atoms with Gasteiger partial charge in [-0.1, -0.05) is 11.6 Å². The van der Waals surface area contributed by atoms with Crippen LogP contribution in [0.5, 0.6) is 0 Å². The van der Waals surface area contributed by atoms with Crippen LogP contribution in [0, 0.1) is 6.92 Å². The molecule has 102 valence electrons. The Morgan fingerprint density at radius 2 is 1.89 bits per heavy atom. The van der Waals surface area contributed by atoms with E-state index in [1.54, 1.807) is 13.0 Å². The molecule has 1 aromatic carbocycles. The largest absolute Gasteiger partial charge is 0.416 e. The molecule has 0 aliphatic rings. The Morgan fingerprint density at radius 3 is 2.44 bits per heavy atom. The van der Waals surface area contributed by atoms with E-state index in [0.29, 0.717) is 30.4 Å². The van der Waals surface area contributed by atoms with Crippen molar-refractivity contribution in [1.29, 1.82) is 0 Å². The highest BCUT2D eigenvalue weighted by molar-refractivity contribution is 5.31. The maximum atomic E-state index is 12.6. The van der Waals surface area contributed by atoms with Gasteiger partial charge in [-0.2, -0.15) is 13.2 Å². The molecule has 0 amide bonds. The van der Waals surface area contributed by atoms with Crippen LogP contribution in [0.25, 0.3) is 0 Å². The van der Waals surface area contributed by atoms with Crippen molar-refractivity contribution in [2.45, 2.75) is 38.4 Å². The molecule has 1 nitrogen and oxygen atoms in total. The van der Waals surface area contributed by atoms with Gasteiger partial charge in [0, 0.05) is 6.04 Å².